The van der Waals surface area contributed by atoms with E-state index in [2.05, 4.69) is 15.5 Å². The van der Waals surface area contributed by atoms with E-state index >= 15 is 0 Å². The number of aromatic nitrogens is 2. The first-order valence-corrected chi connectivity index (χ1v) is 6.80. The zero-order valence-electron chi connectivity index (χ0n) is 8.84. The fourth-order valence-electron chi connectivity index (χ4n) is 0.974. The van der Waals surface area contributed by atoms with Crippen LogP contribution < -0.4 is 5.32 Å². The van der Waals surface area contributed by atoms with Crippen LogP contribution in [0.4, 0.5) is 18.3 Å². The molecule has 1 atom stereocenters. The number of hydrogen-bond acceptors (Lipinski definition) is 5. The van der Waals surface area contributed by atoms with Gasteiger partial charge in [-0.3, -0.25) is 0 Å². The van der Waals surface area contributed by atoms with Gasteiger partial charge in [0.15, 0.2) is 0 Å². The number of thioether (sulfide) groups is 1. The molecular weight excluding hydrogens is 259 g/mol. The summed E-state index contributed by atoms with van der Waals surface area (Å²) in [4.78, 5) is 0. The molecule has 8 heteroatoms. The van der Waals surface area contributed by atoms with Gasteiger partial charge in [0.05, 0.1) is 0 Å². The van der Waals surface area contributed by atoms with Crippen LogP contribution in [-0.2, 0) is 6.18 Å². The molecule has 1 heterocycles. The van der Waals surface area contributed by atoms with Crippen LogP contribution in [0.5, 0.6) is 0 Å². The Morgan fingerprint density at radius 1 is 1.44 bits per heavy atom. The Hall–Kier alpha value is -0.500. The van der Waals surface area contributed by atoms with Gasteiger partial charge < -0.3 is 5.32 Å². The average molecular weight is 271 g/mol. The van der Waals surface area contributed by atoms with E-state index in [1.165, 1.54) is 0 Å². The molecule has 0 aliphatic carbocycles. The Labute approximate surface area is 99.8 Å². The molecule has 0 amide bonds. The summed E-state index contributed by atoms with van der Waals surface area (Å²) in [6, 6.07) is 0.0986. The highest BCUT2D eigenvalue weighted by Gasteiger charge is 2.35. The first-order chi connectivity index (χ1) is 7.43. The first-order valence-electron chi connectivity index (χ1n) is 4.59. The minimum absolute atomic E-state index is 0.0986. The van der Waals surface area contributed by atoms with Gasteiger partial charge in [-0.1, -0.05) is 11.3 Å². The molecule has 0 bridgehead atoms. The molecule has 1 aromatic heterocycles. The summed E-state index contributed by atoms with van der Waals surface area (Å²) in [5, 5.41) is 8.77. The molecule has 16 heavy (non-hydrogen) atoms. The summed E-state index contributed by atoms with van der Waals surface area (Å²) >= 11 is 2.23. The molecule has 0 aromatic carbocycles. The van der Waals surface area contributed by atoms with Gasteiger partial charge in [-0.2, -0.15) is 24.9 Å². The minimum Gasteiger partial charge on any atom is -0.358 e. The van der Waals surface area contributed by atoms with Crippen molar-refractivity contribution in [2.75, 3.05) is 17.3 Å². The summed E-state index contributed by atoms with van der Waals surface area (Å²) in [7, 11) is 0. The fourth-order valence-corrected chi connectivity index (χ4v) is 2.29. The predicted octanol–water partition coefficient (Wildman–Crippen LogP) is 3.11. The molecule has 0 saturated carbocycles. The Morgan fingerprint density at radius 2 is 2.12 bits per heavy atom. The second kappa shape index (κ2) is 5.72. The van der Waals surface area contributed by atoms with E-state index in [4.69, 9.17) is 0 Å². The molecule has 0 fully saturated rings. The molecule has 0 aliphatic heterocycles. The van der Waals surface area contributed by atoms with Crippen LogP contribution in [-0.4, -0.2) is 28.2 Å². The summed E-state index contributed by atoms with van der Waals surface area (Å²) in [6.45, 7) is 1.91. The largest absolute Gasteiger partial charge is 0.445 e. The van der Waals surface area contributed by atoms with Crippen molar-refractivity contribution in [1.29, 1.82) is 0 Å². The van der Waals surface area contributed by atoms with Crippen LogP contribution >= 0.6 is 23.1 Å². The van der Waals surface area contributed by atoms with Gasteiger partial charge in [-0.25, -0.2) is 0 Å². The molecule has 1 unspecified atom stereocenters. The van der Waals surface area contributed by atoms with E-state index in [0.29, 0.717) is 11.3 Å². The molecule has 92 valence electrons. The van der Waals surface area contributed by atoms with Crippen molar-refractivity contribution in [2.24, 2.45) is 0 Å². The molecule has 0 spiro atoms. The third kappa shape index (κ3) is 4.17. The summed E-state index contributed by atoms with van der Waals surface area (Å²) in [6.07, 6.45) is -1.54. The highest BCUT2D eigenvalue weighted by atomic mass is 32.2. The molecular formula is C8H12F3N3S2. The van der Waals surface area contributed by atoms with Crippen molar-refractivity contribution in [3.05, 3.63) is 5.01 Å². The van der Waals surface area contributed by atoms with Crippen LogP contribution in [0.3, 0.4) is 0 Å². The average Bonchev–Trinajstić information content (AvgIpc) is 2.62. The topological polar surface area (TPSA) is 37.8 Å². The summed E-state index contributed by atoms with van der Waals surface area (Å²) < 4.78 is 36.7. The quantitative estimate of drug-likeness (QED) is 0.893. The molecule has 1 rings (SSSR count). The number of hydrogen-bond donors (Lipinski definition) is 1. The third-order valence-corrected chi connectivity index (χ3v) is 3.34. The number of alkyl halides is 3. The Morgan fingerprint density at radius 3 is 2.62 bits per heavy atom. The van der Waals surface area contributed by atoms with Gasteiger partial charge in [-0.15, -0.1) is 10.2 Å². The molecule has 3 nitrogen and oxygen atoms in total. The SMILES string of the molecule is CSCCC(C)Nc1nnc(C(F)(F)F)s1. The van der Waals surface area contributed by atoms with Crippen LogP contribution in [0.2, 0.25) is 0 Å². The number of rotatable bonds is 5. The van der Waals surface area contributed by atoms with Crippen LogP contribution in [0, 0.1) is 0 Å². The van der Waals surface area contributed by atoms with Gasteiger partial charge in [0.25, 0.3) is 0 Å². The third-order valence-electron chi connectivity index (χ3n) is 1.79. The lowest BCUT2D eigenvalue weighted by atomic mass is 10.3. The van der Waals surface area contributed by atoms with E-state index in [1.807, 2.05) is 13.2 Å². The normalized spacial score (nSPS) is 13.8. The van der Waals surface area contributed by atoms with Crippen LogP contribution in [0.25, 0.3) is 0 Å². The van der Waals surface area contributed by atoms with Crippen LogP contribution in [0.15, 0.2) is 0 Å². The summed E-state index contributed by atoms with van der Waals surface area (Å²) in [5.74, 6) is 0.957. The van der Waals surface area contributed by atoms with Gasteiger partial charge in [0.2, 0.25) is 10.1 Å². The van der Waals surface area contributed by atoms with Gasteiger partial charge >= 0.3 is 6.18 Å². The molecule has 1 aromatic rings. The maximum atomic E-state index is 12.2. The van der Waals surface area contributed by atoms with Gasteiger partial charge in [0, 0.05) is 6.04 Å². The van der Waals surface area contributed by atoms with Crippen LogP contribution in [0.1, 0.15) is 18.4 Å². The van der Waals surface area contributed by atoms with E-state index in [-0.39, 0.29) is 11.2 Å². The molecule has 1 N–H and O–H groups in total. The number of nitrogens with one attached hydrogen (secondary N) is 1. The standard InChI is InChI=1S/C8H12F3N3S2/c1-5(3-4-15-2)12-7-14-13-6(16-7)8(9,10)11/h5H,3-4H2,1-2H3,(H,12,14). The van der Waals surface area contributed by atoms with E-state index in [9.17, 15) is 13.2 Å². The Balaban J connectivity index is 2.52. The zero-order valence-corrected chi connectivity index (χ0v) is 10.5. The highest BCUT2D eigenvalue weighted by molar-refractivity contribution is 7.98. The minimum atomic E-state index is -4.40. The number of nitrogens with zero attached hydrogens (tertiary/aromatic N) is 2. The lowest BCUT2D eigenvalue weighted by Gasteiger charge is -2.10. The number of halogens is 3. The summed E-state index contributed by atoms with van der Waals surface area (Å²) in [5.41, 5.74) is 0. The highest BCUT2D eigenvalue weighted by Crippen LogP contribution is 2.33. The van der Waals surface area contributed by atoms with Crippen molar-refractivity contribution in [3.8, 4) is 0 Å². The van der Waals surface area contributed by atoms with Gasteiger partial charge in [0.1, 0.15) is 0 Å². The van der Waals surface area contributed by atoms with Gasteiger partial charge in [-0.05, 0) is 25.4 Å². The number of anilines is 1. The van der Waals surface area contributed by atoms with Crippen molar-refractivity contribution in [1.82, 2.24) is 10.2 Å². The van der Waals surface area contributed by atoms with E-state index in [0.717, 1.165) is 12.2 Å². The van der Waals surface area contributed by atoms with E-state index < -0.39 is 11.2 Å². The monoisotopic (exact) mass is 271 g/mol. The Bertz CT molecular complexity index is 327. The molecule has 0 radical (unpaired) electrons. The predicted molar refractivity (Wildman–Crippen MR) is 61.0 cm³/mol. The molecule has 0 saturated heterocycles. The van der Waals surface area contributed by atoms with Crippen molar-refractivity contribution in [2.45, 2.75) is 25.6 Å². The lowest BCUT2D eigenvalue weighted by molar-refractivity contribution is -0.138. The Kier molecular flexibility index (Phi) is 4.85. The van der Waals surface area contributed by atoms with E-state index in [1.54, 1.807) is 11.8 Å². The smallest absolute Gasteiger partial charge is 0.358 e. The van der Waals surface area contributed by atoms with Crippen molar-refractivity contribution < 1.29 is 13.2 Å². The second-order valence-corrected chi connectivity index (χ2v) is 5.20. The molecule has 0 aliphatic rings. The maximum Gasteiger partial charge on any atom is 0.445 e. The lowest BCUT2D eigenvalue weighted by Crippen LogP contribution is -2.15. The second-order valence-electron chi connectivity index (χ2n) is 3.24. The maximum absolute atomic E-state index is 12.2. The van der Waals surface area contributed by atoms with Crippen molar-refractivity contribution in [3.63, 3.8) is 0 Å². The zero-order chi connectivity index (χ0) is 12.2. The van der Waals surface area contributed by atoms with Crippen molar-refractivity contribution >= 4 is 28.2 Å². The fraction of sp³-hybridized carbons (Fsp3) is 0.750. The first kappa shape index (κ1) is 13.6.